The summed E-state index contributed by atoms with van der Waals surface area (Å²) in [5.41, 5.74) is 1.69. The van der Waals surface area contributed by atoms with Gasteiger partial charge in [0.1, 0.15) is 10.6 Å². The fourth-order valence-electron chi connectivity index (χ4n) is 4.40. The average molecular weight is 622 g/mol. The number of methoxy groups -OCH3 is 1. The van der Waals surface area contributed by atoms with Gasteiger partial charge in [-0.2, -0.15) is 13.2 Å². The molecule has 42 heavy (non-hydrogen) atoms. The Kier molecular flexibility index (Phi) is 9.17. The molecule has 0 unspecified atom stereocenters. The molecule has 2 amide bonds. The number of nitrogens with one attached hydrogen (secondary N) is 2. The number of amides is 2. The zero-order chi connectivity index (χ0) is 30.7. The normalized spacial score (nSPS) is 12.6. The maximum absolute atomic E-state index is 12.8. The summed E-state index contributed by atoms with van der Waals surface area (Å²) in [6.07, 6.45) is -3.50. The first-order chi connectivity index (χ1) is 19.8. The Labute approximate surface area is 245 Å². The van der Waals surface area contributed by atoms with E-state index in [-0.39, 0.29) is 28.6 Å². The van der Waals surface area contributed by atoms with Crippen LogP contribution in [-0.4, -0.2) is 44.6 Å². The number of alkyl halides is 3. The summed E-state index contributed by atoms with van der Waals surface area (Å²) >= 11 is 5.98. The molecule has 1 heterocycles. The molecule has 13 heteroatoms. The lowest BCUT2D eigenvalue weighted by molar-refractivity contribution is -0.142. The number of ether oxygens (including phenoxy) is 1. The van der Waals surface area contributed by atoms with Crippen LogP contribution in [0.2, 0.25) is 5.02 Å². The predicted molar refractivity (Wildman–Crippen MR) is 152 cm³/mol. The van der Waals surface area contributed by atoms with Crippen molar-refractivity contribution in [1.82, 2.24) is 14.6 Å². The van der Waals surface area contributed by atoms with Gasteiger partial charge in [-0.1, -0.05) is 42.8 Å². The monoisotopic (exact) mass is 621 g/mol. The van der Waals surface area contributed by atoms with Crippen molar-refractivity contribution in [3.05, 3.63) is 94.6 Å². The number of rotatable bonds is 10. The second-order valence-electron chi connectivity index (χ2n) is 9.74. The number of hydrogen-bond acceptors (Lipinski definition) is 5. The lowest BCUT2D eigenvalue weighted by Crippen LogP contribution is -2.30. The Hall–Kier alpha value is -4.03. The number of fused-ring (bicyclic) bond motifs is 1. The van der Waals surface area contributed by atoms with E-state index in [1.807, 2.05) is 15.4 Å². The number of carbonyl (C=O) groups excluding carboxylic acids is 2. The van der Waals surface area contributed by atoms with Crippen LogP contribution in [-0.2, 0) is 16.6 Å². The molecule has 0 fully saturated rings. The number of benzene rings is 3. The van der Waals surface area contributed by atoms with E-state index in [9.17, 15) is 31.2 Å². The van der Waals surface area contributed by atoms with E-state index < -0.39 is 40.4 Å². The van der Waals surface area contributed by atoms with Gasteiger partial charge in [-0.05, 0) is 53.8 Å². The van der Waals surface area contributed by atoms with Gasteiger partial charge in [-0.3, -0.25) is 9.59 Å². The molecular formula is C29H27ClF3N3O5S. The Morgan fingerprint density at radius 1 is 1.00 bits per heavy atom. The summed E-state index contributed by atoms with van der Waals surface area (Å²) < 4.78 is 72.5. The molecular weight excluding hydrogens is 595 g/mol. The smallest absolute Gasteiger partial charge is 0.389 e. The minimum Gasteiger partial charge on any atom is -0.496 e. The predicted octanol–water partition coefficient (Wildman–Crippen LogP) is 5.79. The van der Waals surface area contributed by atoms with Crippen LogP contribution >= 0.6 is 11.6 Å². The maximum Gasteiger partial charge on any atom is 0.389 e. The van der Waals surface area contributed by atoms with Gasteiger partial charge >= 0.3 is 6.18 Å². The quantitative estimate of drug-likeness (QED) is 0.233. The molecule has 1 atom stereocenters. The first kappa shape index (κ1) is 30.9. The molecule has 0 aliphatic carbocycles. The summed E-state index contributed by atoms with van der Waals surface area (Å²) in [4.78, 5) is 25.2. The summed E-state index contributed by atoms with van der Waals surface area (Å²) in [7, 11) is -2.81. The van der Waals surface area contributed by atoms with Crippen LogP contribution in [0.4, 0.5) is 13.2 Å². The van der Waals surface area contributed by atoms with E-state index in [2.05, 4.69) is 5.32 Å². The van der Waals surface area contributed by atoms with E-state index in [0.717, 1.165) is 5.39 Å². The molecule has 4 aromatic rings. The summed E-state index contributed by atoms with van der Waals surface area (Å²) in [6, 6.07) is 17.1. The van der Waals surface area contributed by atoms with E-state index >= 15 is 0 Å². The van der Waals surface area contributed by atoms with Gasteiger partial charge in [0.2, 0.25) is 0 Å². The van der Waals surface area contributed by atoms with Crippen LogP contribution in [0.15, 0.2) is 77.8 Å². The van der Waals surface area contributed by atoms with Crippen molar-refractivity contribution in [2.45, 2.75) is 31.0 Å². The average Bonchev–Trinajstić information content (AvgIpc) is 3.32. The van der Waals surface area contributed by atoms with Crippen LogP contribution in [0.25, 0.3) is 10.9 Å². The van der Waals surface area contributed by atoms with Crippen molar-refractivity contribution in [2.24, 2.45) is 5.92 Å². The van der Waals surface area contributed by atoms with Gasteiger partial charge in [0.05, 0.1) is 18.7 Å². The SMILES string of the molecule is COc1cc(C(=O)NS(=O)(=O)c2ccccc2Cl)ccc1Cn1ccc2ccc(C(=O)NC[C@H](C)CC(F)(F)F)cc21. The zero-order valence-electron chi connectivity index (χ0n) is 22.5. The molecule has 1 aromatic heterocycles. The van der Waals surface area contributed by atoms with Crippen LogP contribution in [0, 0.1) is 5.92 Å². The van der Waals surface area contributed by atoms with Crippen molar-refractivity contribution >= 4 is 44.3 Å². The van der Waals surface area contributed by atoms with Gasteiger partial charge in [0.15, 0.2) is 0 Å². The van der Waals surface area contributed by atoms with Gasteiger partial charge < -0.3 is 14.6 Å². The number of nitrogens with zero attached hydrogens (tertiary/aromatic N) is 1. The van der Waals surface area contributed by atoms with Crippen LogP contribution < -0.4 is 14.8 Å². The van der Waals surface area contributed by atoms with Crippen LogP contribution in [0.5, 0.6) is 5.75 Å². The number of halogens is 4. The molecule has 0 saturated heterocycles. The third-order valence-corrected chi connectivity index (χ3v) is 8.30. The Balaban J connectivity index is 1.51. The number of hydrogen-bond donors (Lipinski definition) is 2. The van der Waals surface area contributed by atoms with Gasteiger partial charge in [-0.15, -0.1) is 0 Å². The van der Waals surface area contributed by atoms with E-state index in [0.29, 0.717) is 22.4 Å². The fourth-order valence-corrected chi connectivity index (χ4v) is 5.89. The molecule has 0 bridgehead atoms. The Bertz CT molecular complexity index is 1740. The van der Waals surface area contributed by atoms with Crippen LogP contribution in [0.3, 0.4) is 0 Å². The molecule has 0 saturated carbocycles. The van der Waals surface area contributed by atoms with Gasteiger partial charge in [0.25, 0.3) is 21.8 Å². The third kappa shape index (κ3) is 7.42. The fraction of sp³-hybridized carbons (Fsp3) is 0.241. The Morgan fingerprint density at radius 3 is 2.38 bits per heavy atom. The summed E-state index contributed by atoms with van der Waals surface area (Å²) in [6.45, 7) is 1.58. The number of carbonyl (C=O) groups is 2. The number of aromatic nitrogens is 1. The molecule has 0 radical (unpaired) electrons. The highest BCUT2D eigenvalue weighted by Gasteiger charge is 2.30. The molecule has 2 N–H and O–H groups in total. The molecule has 0 spiro atoms. The zero-order valence-corrected chi connectivity index (χ0v) is 24.1. The van der Waals surface area contributed by atoms with Crippen molar-refractivity contribution in [3.63, 3.8) is 0 Å². The van der Waals surface area contributed by atoms with Crippen molar-refractivity contribution < 1.29 is 35.9 Å². The lowest BCUT2D eigenvalue weighted by Gasteiger charge is -2.15. The minimum absolute atomic E-state index is 0.0265. The van der Waals surface area contributed by atoms with E-state index in [4.69, 9.17) is 16.3 Å². The van der Waals surface area contributed by atoms with E-state index in [1.165, 1.54) is 44.4 Å². The Morgan fingerprint density at radius 2 is 1.69 bits per heavy atom. The van der Waals surface area contributed by atoms with Crippen LogP contribution in [0.1, 0.15) is 39.6 Å². The van der Waals surface area contributed by atoms with Crippen molar-refractivity contribution in [3.8, 4) is 5.75 Å². The lowest BCUT2D eigenvalue weighted by atomic mass is 10.1. The second-order valence-corrected chi connectivity index (χ2v) is 11.8. The standard InChI is InChI=1S/C29H27ClF3N3O5S/c1-18(15-29(31,32)33)16-34-27(37)20-8-7-19-11-12-36(24(19)13-20)17-22-10-9-21(14-25(22)41-2)28(38)35-42(39,40)26-6-4-3-5-23(26)30/h3-14,18H,15-17H2,1-2H3,(H,34,37)(H,35,38)/t18-/m1/s1. The molecule has 222 valence electrons. The largest absolute Gasteiger partial charge is 0.496 e. The molecule has 0 aliphatic heterocycles. The summed E-state index contributed by atoms with van der Waals surface area (Å²) in [5.74, 6) is -1.80. The first-order valence-electron chi connectivity index (χ1n) is 12.7. The highest BCUT2D eigenvalue weighted by atomic mass is 35.5. The van der Waals surface area contributed by atoms with Crippen molar-refractivity contribution in [2.75, 3.05) is 13.7 Å². The van der Waals surface area contributed by atoms with Gasteiger partial charge in [-0.25, -0.2) is 13.1 Å². The summed E-state index contributed by atoms with van der Waals surface area (Å²) in [5, 5.41) is 3.36. The van der Waals surface area contributed by atoms with Crippen molar-refractivity contribution in [1.29, 1.82) is 0 Å². The van der Waals surface area contributed by atoms with E-state index in [1.54, 1.807) is 36.5 Å². The molecule has 8 nitrogen and oxygen atoms in total. The highest BCUT2D eigenvalue weighted by molar-refractivity contribution is 7.90. The maximum atomic E-state index is 12.8. The molecule has 3 aromatic carbocycles. The third-order valence-electron chi connectivity index (χ3n) is 6.47. The molecule has 4 rings (SSSR count). The topological polar surface area (TPSA) is 106 Å². The highest BCUT2D eigenvalue weighted by Crippen LogP contribution is 2.27. The molecule has 0 aliphatic rings. The second kappa shape index (κ2) is 12.5. The minimum atomic E-state index is -4.30. The number of sulfonamides is 1. The van der Waals surface area contributed by atoms with Gasteiger partial charge in [0, 0.05) is 41.4 Å². The first-order valence-corrected chi connectivity index (χ1v) is 14.6.